The molecule has 1 atom stereocenters. The van der Waals surface area contributed by atoms with Gasteiger partial charge in [-0.3, -0.25) is 4.79 Å². The molecular weight excluding hydrogens is 264 g/mol. The van der Waals surface area contributed by atoms with E-state index < -0.39 is 0 Å². The number of rotatable bonds is 5. The molecule has 0 bridgehead atoms. The third-order valence-electron chi connectivity index (χ3n) is 3.82. The van der Waals surface area contributed by atoms with Gasteiger partial charge in [0.25, 0.3) is 0 Å². The zero-order chi connectivity index (χ0) is 14.5. The van der Waals surface area contributed by atoms with Gasteiger partial charge in [-0.2, -0.15) is 0 Å². The second kappa shape index (κ2) is 6.59. The Morgan fingerprint density at radius 3 is 2.67 bits per heavy atom. The monoisotopic (exact) mass is 284 g/mol. The Kier molecular flexibility index (Phi) is 4.36. The normalized spacial score (nSPS) is 17.8. The van der Waals surface area contributed by atoms with Crippen LogP contribution in [0.3, 0.4) is 0 Å². The number of benzene rings is 1. The molecular formula is C17H20N2O2. The number of hydrogen-bond donors (Lipinski definition) is 1. The van der Waals surface area contributed by atoms with E-state index in [1.54, 1.807) is 0 Å². The van der Waals surface area contributed by atoms with Gasteiger partial charge in [-0.05, 0) is 36.2 Å². The molecule has 0 saturated carbocycles. The predicted molar refractivity (Wildman–Crippen MR) is 81.4 cm³/mol. The maximum absolute atomic E-state index is 11.9. The minimum Gasteiger partial charge on any atom is -0.381 e. The Morgan fingerprint density at radius 2 is 2.00 bits per heavy atom. The van der Waals surface area contributed by atoms with Gasteiger partial charge in [0.15, 0.2) is 0 Å². The van der Waals surface area contributed by atoms with E-state index in [0.29, 0.717) is 12.3 Å². The van der Waals surface area contributed by atoms with Gasteiger partial charge in [-0.25, -0.2) is 0 Å². The zero-order valence-corrected chi connectivity index (χ0v) is 12.0. The van der Waals surface area contributed by atoms with E-state index in [0.717, 1.165) is 37.4 Å². The predicted octanol–water partition coefficient (Wildman–Crippen LogP) is 2.17. The molecule has 1 aromatic heterocycles. The van der Waals surface area contributed by atoms with Crippen molar-refractivity contribution in [2.24, 2.45) is 5.92 Å². The van der Waals surface area contributed by atoms with Gasteiger partial charge in [0, 0.05) is 37.2 Å². The highest BCUT2D eigenvalue weighted by atomic mass is 16.5. The SMILES string of the molecule is O=C(Cc1ccc(-n2cccc2)cc1)NCC1CCOC1. The number of nitrogens with zero attached hydrogens (tertiary/aromatic N) is 1. The smallest absolute Gasteiger partial charge is 0.224 e. The molecule has 4 heteroatoms. The standard InChI is InChI=1S/C17H20N2O2/c20-17(18-12-15-7-10-21-13-15)11-14-3-5-16(6-4-14)19-8-1-2-9-19/h1-6,8-9,15H,7,10-13H2,(H,18,20). The van der Waals surface area contributed by atoms with E-state index in [1.807, 2.05) is 53.4 Å². The van der Waals surface area contributed by atoms with Gasteiger partial charge in [0.2, 0.25) is 5.91 Å². The molecule has 1 amide bonds. The van der Waals surface area contributed by atoms with E-state index in [-0.39, 0.29) is 5.91 Å². The van der Waals surface area contributed by atoms with Crippen LogP contribution in [-0.4, -0.2) is 30.2 Å². The van der Waals surface area contributed by atoms with Crippen molar-refractivity contribution in [2.45, 2.75) is 12.8 Å². The second-order valence-electron chi connectivity index (χ2n) is 5.47. The van der Waals surface area contributed by atoms with E-state index in [4.69, 9.17) is 4.74 Å². The van der Waals surface area contributed by atoms with E-state index in [9.17, 15) is 4.79 Å². The van der Waals surface area contributed by atoms with Crippen molar-refractivity contribution in [3.63, 3.8) is 0 Å². The van der Waals surface area contributed by atoms with Crippen molar-refractivity contribution < 1.29 is 9.53 Å². The van der Waals surface area contributed by atoms with E-state index in [1.165, 1.54) is 0 Å². The molecule has 0 spiro atoms. The van der Waals surface area contributed by atoms with Crippen molar-refractivity contribution in [3.8, 4) is 5.69 Å². The highest BCUT2D eigenvalue weighted by Gasteiger charge is 2.16. The first kappa shape index (κ1) is 13.9. The minimum absolute atomic E-state index is 0.0793. The van der Waals surface area contributed by atoms with Crippen LogP contribution in [-0.2, 0) is 16.0 Å². The number of ether oxygens (including phenoxy) is 1. The van der Waals surface area contributed by atoms with Crippen LogP contribution in [0.15, 0.2) is 48.8 Å². The topological polar surface area (TPSA) is 43.3 Å². The quantitative estimate of drug-likeness (QED) is 0.914. The number of nitrogens with one attached hydrogen (secondary N) is 1. The Hall–Kier alpha value is -2.07. The average Bonchev–Trinajstić information content (AvgIpc) is 3.19. The first-order chi connectivity index (χ1) is 10.3. The number of carbonyl (C=O) groups is 1. The van der Waals surface area contributed by atoms with Crippen molar-refractivity contribution in [2.75, 3.05) is 19.8 Å². The molecule has 110 valence electrons. The highest BCUT2D eigenvalue weighted by molar-refractivity contribution is 5.78. The van der Waals surface area contributed by atoms with Gasteiger partial charge in [-0.1, -0.05) is 12.1 Å². The molecule has 1 aliphatic heterocycles. The summed E-state index contributed by atoms with van der Waals surface area (Å²) >= 11 is 0. The summed E-state index contributed by atoms with van der Waals surface area (Å²) < 4.78 is 7.35. The Balaban J connectivity index is 1.51. The van der Waals surface area contributed by atoms with Crippen molar-refractivity contribution in [1.82, 2.24) is 9.88 Å². The van der Waals surface area contributed by atoms with Gasteiger partial charge >= 0.3 is 0 Å². The summed E-state index contributed by atoms with van der Waals surface area (Å²) in [5.74, 6) is 0.556. The lowest BCUT2D eigenvalue weighted by Gasteiger charge is -2.10. The van der Waals surface area contributed by atoms with Crippen LogP contribution in [0, 0.1) is 5.92 Å². The van der Waals surface area contributed by atoms with E-state index in [2.05, 4.69) is 5.32 Å². The lowest BCUT2D eigenvalue weighted by atomic mass is 10.1. The summed E-state index contributed by atoms with van der Waals surface area (Å²) in [6, 6.07) is 12.1. The summed E-state index contributed by atoms with van der Waals surface area (Å²) in [7, 11) is 0. The first-order valence-electron chi connectivity index (χ1n) is 7.38. The van der Waals surface area contributed by atoms with Gasteiger partial charge in [-0.15, -0.1) is 0 Å². The summed E-state index contributed by atoms with van der Waals surface area (Å²) in [5.41, 5.74) is 2.14. The first-order valence-corrected chi connectivity index (χ1v) is 7.38. The third-order valence-corrected chi connectivity index (χ3v) is 3.82. The lowest BCUT2D eigenvalue weighted by molar-refractivity contribution is -0.120. The van der Waals surface area contributed by atoms with Crippen LogP contribution >= 0.6 is 0 Å². The maximum atomic E-state index is 11.9. The minimum atomic E-state index is 0.0793. The van der Waals surface area contributed by atoms with Gasteiger partial charge in [0.05, 0.1) is 13.0 Å². The molecule has 1 aliphatic rings. The average molecular weight is 284 g/mol. The summed E-state index contributed by atoms with van der Waals surface area (Å²) in [6.07, 6.45) is 5.49. The molecule has 3 rings (SSSR count). The number of aromatic nitrogens is 1. The zero-order valence-electron chi connectivity index (χ0n) is 12.0. The molecule has 21 heavy (non-hydrogen) atoms. The molecule has 1 N–H and O–H groups in total. The summed E-state index contributed by atoms with van der Waals surface area (Å²) in [6.45, 7) is 2.31. The molecule has 1 fully saturated rings. The van der Waals surface area contributed by atoms with Crippen LogP contribution < -0.4 is 5.32 Å². The molecule has 1 unspecified atom stereocenters. The molecule has 4 nitrogen and oxygen atoms in total. The fourth-order valence-electron chi connectivity index (χ4n) is 2.54. The van der Waals surface area contributed by atoms with Crippen molar-refractivity contribution in [1.29, 1.82) is 0 Å². The van der Waals surface area contributed by atoms with E-state index >= 15 is 0 Å². The maximum Gasteiger partial charge on any atom is 0.224 e. The molecule has 2 aromatic rings. The van der Waals surface area contributed by atoms with Gasteiger partial charge in [0.1, 0.15) is 0 Å². The number of carbonyl (C=O) groups excluding carboxylic acids is 1. The number of hydrogen-bond acceptors (Lipinski definition) is 2. The molecule has 0 radical (unpaired) electrons. The summed E-state index contributed by atoms with van der Waals surface area (Å²) in [4.78, 5) is 11.9. The van der Waals surface area contributed by atoms with Crippen molar-refractivity contribution in [3.05, 3.63) is 54.4 Å². The third kappa shape index (κ3) is 3.73. The molecule has 1 saturated heterocycles. The Bertz CT molecular complexity index is 569. The lowest BCUT2D eigenvalue weighted by Crippen LogP contribution is -2.30. The molecule has 2 heterocycles. The molecule has 0 aliphatic carbocycles. The van der Waals surface area contributed by atoms with Crippen LogP contribution in [0.2, 0.25) is 0 Å². The molecule has 1 aromatic carbocycles. The van der Waals surface area contributed by atoms with Crippen molar-refractivity contribution >= 4 is 5.91 Å². The fourth-order valence-corrected chi connectivity index (χ4v) is 2.54. The van der Waals surface area contributed by atoms with Crippen LogP contribution in [0.25, 0.3) is 5.69 Å². The second-order valence-corrected chi connectivity index (χ2v) is 5.47. The van der Waals surface area contributed by atoms with Crippen LogP contribution in [0.5, 0.6) is 0 Å². The Labute approximate surface area is 124 Å². The largest absolute Gasteiger partial charge is 0.381 e. The summed E-state index contributed by atoms with van der Waals surface area (Å²) in [5, 5.41) is 2.99. The highest BCUT2D eigenvalue weighted by Crippen LogP contribution is 2.12. The van der Waals surface area contributed by atoms with Gasteiger partial charge < -0.3 is 14.6 Å². The fraction of sp³-hybridized carbons (Fsp3) is 0.353. The van der Waals surface area contributed by atoms with Crippen LogP contribution in [0.4, 0.5) is 0 Å². The Morgan fingerprint density at radius 1 is 1.24 bits per heavy atom. The number of amides is 1. The van der Waals surface area contributed by atoms with Crippen LogP contribution in [0.1, 0.15) is 12.0 Å².